The van der Waals surface area contributed by atoms with Crippen molar-refractivity contribution in [3.63, 3.8) is 0 Å². The molecule has 0 saturated heterocycles. The van der Waals surface area contributed by atoms with E-state index in [-0.39, 0.29) is 11.3 Å². The molecule has 1 atom stereocenters. The standard InChI is InChI=1S/C18H32O2/c1-6-9-10-13-18(11-7-2,12-8-3)16(17(19)20)14-15(4)5/h7-8,15-16H,2-3,6,9-14H2,1,4-5H3,(H,19,20)/t16-/m0/s1. The molecule has 116 valence electrons. The van der Waals surface area contributed by atoms with Gasteiger partial charge in [0.15, 0.2) is 0 Å². The predicted molar refractivity (Wildman–Crippen MR) is 86.8 cm³/mol. The molecule has 0 saturated carbocycles. The van der Waals surface area contributed by atoms with Crippen LogP contribution in [-0.4, -0.2) is 11.1 Å². The van der Waals surface area contributed by atoms with Crippen molar-refractivity contribution in [2.45, 2.75) is 65.7 Å². The monoisotopic (exact) mass is 280 g/mol. The van der Waals surface area contributed by atoms with Gasteiger partial charge in [0.25, 0.3) is 0 Å². The molecule has 0 aliphatic heterocycles. The minimum Gasteiger partial charge on any atom is -0.481 e. The van der Waals surface area contributed by atoms with Gasteiger partial charge in [-0.05, 0) is 37.0 Å². The van der Waals surface area contributed by atoms with Crippen LogP contribution in [0.2, 0.25) is 0 Å². The first-order chi connectivity index (χ1) is 9.43. The topological polar surface area (TPSA) is 37.3 Å². The van der Waals surface area contributed by atoms with Gasteiger partial charge in [-0.3, -0.25) is 4.79 Å². The molecule has 0 unspecified atom stereocenters. The lowest BCUT2D eigenvalue weighted by molar-refractivity contribution is -0.148. The molecule has 0 aliphatic carbocycles. The second kappa shape index (κ2) is 9.79. The smallest absolute Gasteiger partial charge is 0.307 e. The number of carboxylic acids is 1. The molecule has 2 nitrogen and oxygen atoms in total. The Hall–Kier alpha value is -1.05. The van der Waals surface area contributed by atoms with Crippen LogP contribution in [0.4, 0.5) is 0 Å². The molecule has 0 aromatic carbocycles. The SMILES string of the molecule is C=CCC(CC=C)(CCCCC)[C@@H](CC(C)C)C(=O)O. The van der Waals surface area contributed by atoms with Crippen LogP contribution in [0.15, 0.2) is 25.3 Å². The van der Waals surface area contributed by atoms with Crippen LogP contribution in [0.5, 0.6) is 0 Å². The van der Waals surface area contributed by atoms with Crippen LogP contribution >= 0.6 is 0 Å². The van der Waals surface area contributed by atoms with Crippen LogP contribution in [0, 0.1) is 17.3 Å². The maximum Gasteiger partial charge on any atom is 0.307 e. The number of allylic oxidation sites excluding steroid dienone is 2. The van der Waals surface area contributed by atoms with Crippen LogP contribution in [0.1, 0.15) is 65.7 Å². The molecule has 0 fully saturated rings. The number of hydrogen-bond donors (Lipinski definition) is 1. The normalized spacial score (nSPS) is 13.2. The summed E-state index contributed by atoms with van der Waals surface area (Å²) in [6.45, 7) is 14.1. The molecule has 0 heterocycles. The summed E-state index contributed by atoms with van der Waals surface area (Å²) in [4.78, 5) is 11.8. The molecule has 2 heteroatoms. The van der Waals surface area contributed by atoms with E-state index in [2.05, 4.69) is 33.9 Å². The minimum absolute atomic E-state index is 0.214. The number of unbranched alkanes of at least 4 members (excludes halogenated alkanes) is 2. The lowest BCUT2D eigenvalue weighted by Gasteiger charge is -2.39. The highest BCUT2D eigenvalue weighted by Crippen LogP contribution is 2.44. The second-order valence-electron chi connectivity index (χ2n) is 6.33. The summed E-state index contributed by atoms with van der Waals surface area (Å²) >= 11 is 0. The average molecular weight is 280 g/mol. The zero-order valence-electron chi connectivity index (χ0n) is 13.5. The number of hydrogen-bond acceptors (Lipinski definition) is 1. The highest BCUT2D eigenvalue weighted by atomic mass is 16.4. The quantitative estimate of drug-likeness (QED) is 0.381. The maximum absolute atomic E-state index is 11.8. The zero-order chi connectivity index (χ0) is 15.6. The predicted octanol–water partition coefficient (Wildman–Crippen LogP) is 5.45. The van der Waals surface area contributed by atoms with Crippen molar-refractivity contribution in [1.29, 1.82) is 0 Å². The third-order valence-electron chi connectivity index (χ3n) is 4.12. The third kappa shape index (κ3) is 5.94. The first-order valence-corrected chi connectivity index (χ1v) is 7.88. The lowest BCUT2D eigenvalue weighted by atomic mass is 9.65. The van der Waals surface area contributed by atoms with E-state index in [1.807, 2.05) is 12.2 Å². The van der Waals surface area contributed by atoms with Gasteiger partial charge in [-0.15, -0.1) is 13.2 Å². The summed E-state index contributed by atoms with van der Waals surface area (Å²) in [5, 5.41) is 9.70. The van der Waals surface area contributed by atoms with Crippen LogP contribution in [0.3, 0.4) is 0 Å². The van der Waals surface area contributed by atoms with Gasteiger partial charge in [-0.2, -0.15) is 0 Å². The van der Waals surface area contributed by atoms with Crippen LogP contribution in [0.25, 0.3) is 0 Å². The van der Waals surface area contributed by atoms with Crippen LogP contribution < -0.4 is 0 Å². The molecule has 0 amide bonds. The van der Waals surface area contributed by atoms with Gasteiger partial charge < -0.3 is 5.11 Å². The Labute approximate surface area is 125 Å². The van der Waals surface area contributed by atoms with Crippen LogP contribution in [-0.2, 0) is 4.79 Å². The van der Waals surface area contributed by atoms with Gasteiger partial charge in [-0.25, -0.2) is 0 Å². The Balaban J connectivity index is 5.30. The third-order valence-corrected chi connectivity index (χ3v) is 4.12. The molecule has 0 aromatic rings. The highest BCUT2D eigenvalue weighted by Gasteiger charge is 2.40. The first kappa shape index (κ1) is 18.9. The van der Waals surface area contributed by atoms with Gasteiger partial charge >= 0.3 is 5.97 Å². The molecule has 0 rings (SSSR count). The molecule has 0 aromatic heterocycles. The number of rotatable bonds is 12. The molecule has 20 heavy (non-hydrogen) atoms. The molecular formula is C18H32O2. The van der Waals surface area contributed by atoms with E-state index < -0.39 is 5.97 Å². The fourth-order valence-corrected chi connectivity index (χ4v) is 3.13. The van der Waals surface area contributed by atoms with E-state index in [0.29, 0.717) is 5.92 Å². The Morgan fingerprint density at radius 2 is 1.75 bits per heavy atom. The molecule has 1 N–H and O–H groups in total. The highest BCUT2D eigenvalue weighted by molar-refractivity contribution is 5.71. The Morgan fingerprint density at radius 1 is 1.20 bits per heavy atom. The number of carboxylic acid groups (broad SMARTS) is 1. The molecular weight excluding hydrogens is 248 g/mol. The summed E-state index contributed by atoms with van der Waals surface area (Å²) in [6.07, 6.45) is 10.3. The zero-order valence-corrected chi connectivity index (χ0v) is 13.5. The van der Waals surface area contributed by atoms with Crippen molar-refractivity contribution >= 4 is 5.97 Å². The van der Waals surface area contributed by atoms with E-state index in [0.717, 1.165) is 44.9 Å². The fourth-order valence-electron chi connectivity index (χ4n) is 3.13. The van der Waals surface area contributed by atoms with Crippen molar-refractivity contribution in [3.05, 3.63) is 25.3 Å². The largest absolute Gasteiger partial charge is 0.481 e. The van der Waals surface area contributed by atoms with Crippen molar-refractivity contribution in [2.24, 2.45) is 17.3 Å². The van der Waals surface area contributed by atoms with Crippen molar-refractivity contribution in [2.75, 3.05) is 0 Å². The van der Waals surface area contributed by atoms with E-state index in [9.17, 15) is 9.90 Å². The first-order valence-electron chi connectivity index (χ1n) is 7.88. The summed E-state index contributed by atoms with van der Waals surface area (Å²) in [5.74, 6) is -0.592. The average Bonchev–Trinajstić information content (AvgIpc) is 2.36. The van der Waals surface area contributed by atoms with E-state index >= 15 is 0 Å². The Kier molecular flexibility index (Phi) is 9.28. The number of carbonyl (C=O) groups is 1. The summed E-state index contributed by atoms with van der Waals surface area (Å²) in [5.41, 5.74) is -0.214. The lowest BCUT2D eigenvalue weighted by Crippen LogP contribution is -2.36. The van der Waals surface area contributed by atoms with Crippen molar-refractivity contribution in [1.82, 2.24) is 0 Å². The van der Waals surface area contributed by atoms with E-state index in [1.54, 1.807) is 0 Å². The maximum atomic E-state index is 11.8. The summed E-state index contributed by atoms with van der Waals surface area (Å²) in [6, 6.07) is 0. The van der Waals surface area contributed by atoms with E-state index in [1.165, 1.54) is 0 Å². The Bertz CT molecular complexity index is 295. The van der Waals surface area contributed by atoms with Crippen molar-refractivity contribution < 1.29 is 9.90 Å². The van der Waals surface area contributed by atoms with Gasteiger partial charge in [-0.1, -0.05) is 52.2 Å². The van der Waals surface area contributed by atoms with Crippen molar-refractivity contribution in [3.8, 4) is 0 Å². The molecule has 0 spiro atoms. The summed E-state index contributed by atoms with van der Waals surface area (Å²) < 4.78 is 0. The van der Waals surface area contributed by atoms with Gasteiger partial charge in [0, 0.05) is 0 Å². The summed E-state index contributed by atoms with van der Waals surface area (Å²) in [7, 11) is 0. The minimum atomic E-state index is -0.668. The second-order valence-corrected chi connectivity index (χ2v) is 6.33. The van der Waals surface area contributed by atoms with Gasteiger partial charge in [0.2, 0.25) is 0 Å². The van der Waals surface area contributed by atoms with Gasteiger partial charge in [0.1, 0.15) is 0 Å². The molecule has 0 bridgehead atoms. The fraction of sp³-hybridized carbons (Fsp3) is 0.722. The molecule has 0 aliphatic rings. The number of aliphatic carboxylic acids is 1. The molecule has 0 radical (unpaired) electrons. The van der Waals surface area contributed by atoms with E-state index in [4.69, 9.17) is 0 Å². The Morgan fingerprint density at radius 3 is 2.10 bits per heavy atom. The van der Waals surface area contributed by atoms with Gasteiger partial charge in [0.05, 0.1) is 5.92 Å².